The van der Waals surface area contributed by atoms with E-state index in [1.165, 1.54) is 28.9 Å². The van der Waals surface area contributed by atoms with Gasteiger partial charge in [0.15, 0.2) is 0 Å². The number of anilines is 1. The zero-order valence-corrected chi connectivity index (χ0v) is 21.7. The third kappa shape index (κ3) is 4.77. The number of carbonyl (C=O) groups is 1. The molecule has 2 heterocycles. The zero-order chi connectivity index (χ0) is 27.0. The molecule has 0 atom stereocenters. The quantitative estimate of drug-likeness (QED) is 0.214. The molecular weight excluding hydrogens is 509 g/mol. The number of amides is 1. The van der Waals surface area contributed by atoms with E-state index in [9.17, 15) is 17.6 Å². The van der Waals surface area contributed by atoms with Crippen LogP contribution in [0.1, 0.15) is 34.6 Å². The van der Waals surface area contributed by atoms with Crippen LogP contribution in [0.3, 0.4) is 0 Å². The van der Waals surface area contributed by atoms with Crippen molar-refractivity contribution < 1.29 is 21.8 Å². The van der Waals surface area contributed by atoms with Gasteiger partial charge in [0.05, 0.1) is 24.2 Å². The molecule has 11 heteroatoms. The lowest BCUT2D eigenvalue weighted by Gasteiger charge is -2.19. The van der Waals surface area contributed by atoms with Crippen LogP contribution in [-0.2, 0) is 14.3 Å². The number of nitrogens with zero attached hydrogens (tertiary/aromatic N) is 3. The smallest absolute Gasteiger partial charge is 0.298 e. The van der Waals surface area contributed by atoms with Crippen molar-refractivity contribution in [3.05, 3.63) is 83.4 Å². The number of rotatable bonds is 6. The number of hydrogen-bond donors (Lipinski definition) is 2. The van der Waals surface area contributed by atoms with Crippen LogP contribution in [-0.4, -0.2) is 55.0 Å². The number of halogens is 1. The fourth-order valence-electron chi connectivity index (χ4n) is 4.58. The van der Waals surface area contributed by atoms with Gasteiger partial charge in [-0.1, -0.05) is 24.3 Å². The molecule has 1 fully saturated rings. The van der Waals surface area contributed by atoms with Gasteiger partial charge in [-0.2, -0.15) is 13.5 Å². The van der Waals surface area contributed by atoms with Crippen molar-refractivity contribution in [2.24, 2.45) is 0 Å². The zero-order valence-electron chi connectivity index (χ0n) is 20.9. The topological polar surface area (TPSA) is 117 Å². The van der Waals surface area contributed by atoms with E-state index in [0.717, 1.165) is 38.4 Å². The van der Waals surface area contributed by atoms with Crippen molar-refractivity contribution in [1.82, 2.24) is 14.7 Å². The Balaban J connectivity index is 1.51. The number of hydrogen-bond acceptors (Lipinski definition) is 6. The van der Waals surface area contributed by atoms with E-state index in [1.54, 1.807) is 31.2 Å². The summed E-state index contributed by atoms with van der Waals surface area (Å²) in [5.74, 6) is -1.12. The molecule has 1 saturated heterocycles. The van der Waals surface area contributed by atoms with E-state index in [1.807, 2.05) is 17.0 Å². The standard InChI is InChI=1S/C27H26FN5O4S/c1-17-13-24(27(34)30-22-10-9-20(14-21(22)28)26(29)32-11-5-6-12-32)33(31-17)23-15-18-7-3-4-8-19(18)16-25(23)38(35,36)37-2/h3-4,7-10,13-16,29H,5-6,11-12H2,1-2H3,(H,30,34). The summed E-state index contributed by atoms with van der Waals surface area (Å²) < 4.78 is 46.6. The number of likely N-dealkylation sites (tertiary alicyclic amines) is 1. The van der Waals surface area contributed by atoms with Gasteiger partial charge in [-0.3, -0.25) is 14.4 Å². The van der Waals surface area contributed by atoms with Crippen LogP contribution in [0.5, 0.6) is 0 Å². The number of aryl methyl sites for hydroxylation is 1. The van der Waals surface area contributed by atoms with Crippen molar-refractivity contribution in [3.63, 3.8) is 0 Å². The van der Waals surface area contributed by atoms with E-state index >= 15 is 0 Å². The number of aromatic nitrogens is 2. The molecule has 3 aromatic carbocycles. The summed E-state index contributed by atoms with van der Waals surface area (Å²) in [5, 5.41) is 16.7. The summed E-state index contributed by atoms with van der Waals surface area (Å²) in [5.41, 5.74) is 0.951. The first-order valence-corrected chi connectivity index (χ1v) is 13.4. The van der Waals surface area contributed by atoms with E-state index < -0.39 is 21.8 Å². The Morgan fingerprint density at radius 2 is 1.74 bits per heavy atom. The highest BCUT2D eigenvalue weighted by molar-refractivity contribution is 7.86. The van der Waals surface area contributed by atoms with Gasteiger partial charge in [0.1, 0.15) is 22.2 Å². The average Bonchev–Trinajstić information content (AvgIpc) is 3.59. The van der Waals surface area contributed by atoms with E-state index in [-0.39, 0.29) is 27.8 Å². The summed E-state index contributed by atoms with van der Waals surface area (Å²) in [4.78, 5) is 15.1. The van der Waals surface area contributed by atoms with Crippen molar-refractivity contribution in [3.8, 4) is 5.69 Å². The number of carbonyl (C=O) groups excluding carboxylic acids is 1. The second-order valence-electron chi connectivity index (χ2n) is 9.06. The van der Waals surface area contributed by atoms with E-state index in [4.69, 9.17) is 9.59 Å². The molecule has 9 nitrogen and oxygen atoms in total. The minimum Gasteiger partial charge on any atom is -0.357 e. The highest BCUT2D eigenvalue weighted by atomic mass is 32.2. The summed E-state index contributed by atoms with van der Waals surface area (Å²) in [6.07, 6.45) is 1.99. The molecule has 0 saturated carbocycles. The molecule has 1 aromatic heterocycles. The third-order valence-electron chi connectivity index (χ3n) is 6.52. The maximum absolute atomic E-state index is 15.0. The minimum absolute atomic E-state index is 0.0126. The Kier molecular flexibility index (Phi) is 6.72. The Hall–Kier alpha value is -4.09. The molecule has 0 radical (unpaired) electrons. The first-order chi connectivity index (χ1) is 18.2. The van der Waals surface area contributed by atoms with Crippen molar-refractivity contribution >= 4 is 38.3 Å². The van der Waals surface area contributed by atoms with Gasteiger partial charge in [0.2, 0.25) is 0 Å². The fraction of sp³-hybridized carbons (Fsp3) is 0.222. The lowest BCUT2D eigenvalue weighted by molar-refractivity contribution is 0.101. The molecule has 2 N–H and O–H groups in total. The molecule has 0 spiro atoms. The van der Waals surface area contributed by atoms with Gasteiger partial charge in [-0.15, -0.1) is 0 Å². The van der Waals surface area contributed by atoms with Crippen LogP contribution in [0.4, 0.5) is 10.1 Å². The molecule has 5 rings (SSSR count). The molecule has 0 bridgehead atoms. The molecule has 4 aromatic rings. The molecule has 1 amide bonds. The lowest BCUT2D eigenvalue weighted by atomic mass is 10.1. The maximum atomic E-state index is 15.0. The van der Waals surface area contributed by atoms with Crippen LogP contribution in [0.25, 0.3) is 16.5 Å². The van der Waals surface area contributed by atoms with Gasteiger partial charge < -0.3 is 10.2 Å². The van der Waals surface area contributed by atoms with Gasteiger partial charge in [-0.05, 0) is 66.9 Å². The van der Waals surface area contributed by atoms with Crippen molar-refractivity contribution in [2.45, 2.75) is 24.7 Å². The van der Waals surface area contributed by atoms with Gasteiger partial charge in [0.25, 0.3) is 16.0 Å². The molecule has 1 aliphatic rings. The molecular formula is C27H26FN5O4S. The Morgan fingerprint density at radius 1 is 1.05 bits per heavy atom. The Labute approximate surface area is 219 Å². The molecule has 38 heavy (non-hydrogen) atoms. The number of nitrogens with one attached hydrogen (secondary N) is 2. The fourth-order valence-corrected chi connectivity index (χ4v) is 5.43. The average molecular weight is 536 g/mol. The number of fused-ring (bicyclic) bond motifs is 1. The Morgan fingerprint density at radius 3 is 2.39 bits per heavy atom. The highest BCUT2D eigenvalue weighted by Gasteiger charge is 2.25. The largest absolute Gasteiger partial charge is 0.357 e. The van der Waals surface area contributed by atoms with Crippen molar-refractivity contribution in [1.29, 1.82) is 5.41 Å². The molecule has 196 valence electrons. The summed E-state index contributed by atoms with van der Waals surface area (Å²) in [6, 6.07) is 16.0. The summed E-state index contributed by atoms with van der Waals surface area (Å²) in [6.45, 7) is 3.19. The maximum Gasteiger partial charge on any atom is 0.298 e. The van der Waals surface area contributed by atoms with Crippen LogP contribution >= 0.6 is 0 Å². The first-order valence-electron chi connectivity index (χ1n) is 12.0. The third-order valence-corrected chi connectivity index (χ3v) is 7.83. The first kappa shape index (κ1) is 25.6. The summed E-state index contributed by atoms with van der Waals surface area (Å²) >= 11 is 0. The number of benzene rings is 3. The normalized spacial score (nSPS) is 13.7. The number of amidine groups is 1. The molecule has 0 aliphatic carbocycles. The molecule has 0 unspecified atom stereocenters. The highest BCUT2D eigenvalue weighted by Crippen LogP contribution is 2.29. The minimum atomic E-state index is -4.16. The van der Waals surface area contributed by atoms with Crippen molar-refractivity contribution in [2.75, 3.05) is 25.5 Å². The van der Waals surface area contributed by atoms with Gasteiger partial charge >= 0.3 is 0 Å². The predicted octanol–water partition coefficient (Wildman–Crippen LogP) is 4.48. The van der Waals surface area contributed by atoms with Crippen LogP contribution in [0.2, 0.25) is 0 Å². The monoisotopic (exact) mass is 535 g/mol. The summed E-state index contributed by atoms with van der Waals surface area (Å²) in [7, 11) is -3.10. The lowest BCUT2D eigenvalue weighted by Crippen LogP contribution is -2.27. The predicted molar refractivity (Wildman–Crippen MR) is 142 cm³/mol. The van der Waals surface area contributed by atoms with E-state index in [2.05, 4.69) is 10.4 Å². The van der Waals surface area contributed by atoms with Crippen LogP contribution in [0, 0.1) is 18.2 Å². The van der Waals surface area contributed by atoms with E-state index in [0.29, 0.717) is 16.6 Å². The van der Waals surface area contributed by atoms with Crippen LogP contribution in [0.15, 0.2) is 65.6 Å². The van der Waals surface area contributed by atoms with Gasteiger partial charge in [0, 0.05) is 18.7 Å². The second kappa shape index (κ2) is 9.99. The second-order valence-corrected chi connectivity index (χ2v) is 10.7. The Bertz CT molecular complexity index is 1680. The SMILES string of the molecule is COS(=O)(=O)c1cc2ccccc2cc1-n1nc(C)cc1C(=O)Nc1ccc(C(=N)N2CCCC2)cc1F. The van der Waals surface area contributed by atoms with Crippen LogP contribution < -0.4 is 5.32 Å². The molecule has 1 aliphatic heterocycles. The van der Waals surface area contributed by atoms with Gasteiger partial charge in [-0.25, -0.2) is 9.07 Å².